The molecule has 0 spiro atoms. The molecule has 6 heteroatoms. The third-order valence-electron chi connectivity index (χ3n) is 3.66. The summed E-state index contributed by atoms with van der Waals surface area (Å²) in [5.41, 5.74) is 6.91. The molecule has 1 aliphatic heterocycles. The predicted molar refractivity (Wildman–Crippen MR) is 65.8 cm³/mol. The number of likely N-dealkylation sites (tertiary alicyclic amines) is 1. The van der Waals surface area contributed by atoms with Crippen LogP contribution in [0.2, 0.25) is 0 Å². The fraction of sp³-hybridized carbons (Fsp3) is 0.750. The molecule has 2 aliphatic rings. The SMILES string of the molecule is NC1CCCN(C(=O)Cn2cc(C3CC3)nn2)C1. The Morgan fingerprint density at radius 3 is 3.00 bits per heavy atom. The van der Waals surface area contributed by atoms with Gasteiger partial charge < -0.3 is 10.6 Å². The van der Waals surface area contributed by atoms with Gasteiger partial charge in [0.1, 0.15) is 6.54 Å². The Kier molecular flexibility index (Phi) is 3.03. The summed E-state index contributed by atoms with van der Waals surface area (Å²) in [6, 6.07) is 0.125. The van der Waals surface area contributed by atoms with Gasteiger partial charge in [0.25, 0.3) is 0 Å². The molecule has 98 valence electrons. The van der Waals surface area contributed by atoms with Crippen LogP contribution in [0.15, 0.2) is 6.20 Å². The number of carbonyl (C=O) groups excluding carboxylic acids is 1. The topological polar surface area (TPSA) is 77.0 Å². The van der Waals surface area contributed by atoms with Gasteiger partial charge in [0.15, 0.2) is 0 Å². The molecule has 1 aromatic rings. The van der Waals surface area contributed by atoms with Crippen LogP contribution in [0.3, 0.4) is 0 Å². The average molecular weight is 249 g/mol. The number of piperidine rings is 1. The van der Waals surface area contributed by atoms with Gasteiger partial charge in [-0.1, -0.05) is 5.21 Å². The number of hydrogen-bond donors (Lipinski definition) is 1. The zero-order chi connectivity index (χ0) is 12.5. The summed E-state index contributed by atoms with van der Waals surface area (Å²) >= 11 is 0. The molecule has 1 aromatic heterocycles. The van der Waals surface area contributed by atoms with E-state index in [2.05, 4.69) is 10.3 Å². The molecule has 1 atom stereocenters. The summed E-state index contributed by atoms with van der Waals surface area (Å²) in [7, 11) is 0. The molecule has 1 amide bonds. The maximum Gasteiger partial charge on any atom is 0.244 e. The van der Waals surface area contributed by atoms with Gasteiger partial charge in [0.05, 0.1) is 5.69 Å². The van der Waals surface area contributed by atoms with E-state index in [-0.39, 0.29) is 18.5 Å². The van der Waals surface area contributed by atoms with Crippen LogP contribution in [-0.2, 0) is 11.3 Å². The van der Waals surface area contributed by atoms with Crippen LogP contribution in [0.1, 0.15) is 37.3 Å². The monoisotopic (exact) mass is 249 g/mol. The lowest BCUT2D eigenvalue weighted by Crippen LogP contribution is -2.46. The molecule has 1 unspecified atom stereocenters. The van der Waals surface area contributed by atoms with Crippen molar-refractivity contribution in [2.24, 2.45) is 5.73 Å². The molecular formula is C12H19N5O. The third-order valence-corrected chi connectivity index (χ3v) is 3.66. The van der Waals surface area contributed by atoms with Crippen molar-refractivity contribution >= 4 is 5.91 Å². The van der Waals surface area contributed by atoms with Crippen LogP contribution in [0.4, 0.5) is 0 Å². The van der Waals surface area contributed by atoms with Crippen LogP contribution >= 0.6 is 0 Å². The van der Waals surface area contributed by atoms with Gasteiger partial charge in [-0.2, -0.15) is 0 Å². The smallest absolute Gasteiger partial charge is 0.244 e. The Morgan fingerprint density at radius 2 is 2.28 bits per heavy atom. The molecule has 1 saturated carbocycles. The number of hydrogen-bond acceptors (Lipinski definition) is 4. The Bertz CT molecular complexity index is 439. The number of aromatic nitrogens is 3. The minimum Gasteiger partial charge on any atom is -0.340 e. The maximum absolute atomic E-state index is 12.1. The van der Waals surface area contributed by atoms with Crippen LogP contribution < -0.4 is 5.73 Å². The molecule has 1 aliphatic carbocycles. The van der Waals surface area contributed by atoms with E-state index >= 15 is 0 Å². The summed E-state index contributed by atoms with van der Waals surface area (Å²) in [4.78, 5) is 13.9. The molecule has 6 nitrogen and oxygen atoms in total. The van der Waals surface area contributed by atoms with Gasteiger partial charge in [-0.15, -0.1) is 5.10 Å². The largest absolute Gasteiger partial charge is 0.340 e. The Morgan fingerprint density at radius 1 is 1.44 bits per heavy atom. The van der Waals surface area contributed by atoms with Crippen LogP contribution in [0.5, 0.6) is 0 Å². The molecule has 0 radical (unpaired) electrons. The minimum atomic E-state index is 0.0948. The van der Waals surface area contributed by atoms with E-state index in [1.165, 1.54) is 12.8 Å². The second kappa shape index (κ2) is 4.68. The van der Waals surface area contributed by atoms with Crippen LogP contribution in [-0.4, -0.2) is 44.9 Å². The first-order chi connectivity index (χ1) is 8.72. The average Bonchev–Trinajstić information content (AvgIpc) is 3.11. The van der Waals surface area contributed by atoms with Crippen LogP contribution in [0, 0.1) is 0 Å². The highest BCUT2D eigenvalue weighted by atomic mass is 16.2. The maximum atomic E-state index is 12.1. The molecule has 2 fully saturated rings. The van der Waals surface area contributed by atoms with Crippen molar-refractivity contribution in [3.8, 4) is 0 Å². The molecule has 0 aromatic carbocycles. The number of carbonyl (C=O) groups is 1. The lowest BCUT2D eigenvalue weighted by Gasteiger charge is -2.30. The zero-order valence-electron chi connectivity index (χ0n) is 10.5. The van der Waals surface area contributed by atoms with Crippen molar-refractivity contribution < 1.29 is 4.79 Å². The van der Waals surface area contributed by atoms with Crippen molar-refractivity contribution in [3.05, 3.63) is 11.9 Å². The fourth-order valence-electron chi connectivity index (χ4n) is 2.43. The molecule has 2 N–H and O–H groups in total. The van der Waals surface area contributed by atoms with Crippen molar-refractivity contribution in [2.45, 2.75) is 44.2 Å². The van der Waals surface area contributed by atoms with Gasteiger partial charge in [0, 0.05) is 31.2 Å². The van der Waals surface area contributed by atoms with E-state index in [0.717, 1.165) is 25.1 Å². The quantitative estimate of drug-likeness (QED) is 0.824. The van der Waals surface area contributed by atoms with E-state index in [1.54, 1.807) is 4.68 Å². The summed E-state index contributed by atoms with van der Waals surface area (Å²) < 4.78 is 1.65. The van der Waals surface area contributed by atoms with Gasteiger partial charge in [-0.25, -0.2) is 4.68 Å². The highest BCUT2D eigenvalue weighted by Gasteiger charge is 2.27. The number of nitrogens with zero attached hydrogens (tertiary/aromatic N) is 4. The van der Waals surface area contributed by atoms with Crippen molar-refractivity contribution in [2.75, 3.05) is 13.1 Å². The summed E-state index contributed by atoms with van der Waals surface area (Å²) in [5.74, 6) is 0.676. The van der Waals surface area contributed by atoms with Gasteiger partial charge in [0.2, 0.25) is 5.91 Å². The Labute approximate surface area is 106 Å². The highest BCUT2D eigenvalue weighted by Crippen LogP contribution is 2.38. The van der Waals surface area contributed by atoms with E-state index in [0.29, 0.717) is 12.5 Å². The number of rotatable bonds is 3. The number of nitrogens with two attached hydrogens (primary N) is 1. The molecule has 3 rings (SSSR count). The Balaban J connectivity index is 1.58. The van der Waals surface area contributed by atoms with Crippen molar-refractivity contribution in [1.29, 1.82) is 0 Å². The Hall–Kier alpha value is -1.43. The highest BCUT2D eigenvalue weighted by molar-refractivity contribution is 5.76. The van der Waals surface area contributed by atoms with E-state index < -0.39 is 0 Å². The standard InChI is InChI=1S/C12H19N5O/c13-10-2-1-5-16(6-10)12(18)8-17-7-11(14-15-17)9-3-4-9/h7,9-10H,1-6,8,13H2. The van der Waals surface area contributed by atoms with Gasteiger partial charge >= 0.3 is 0 Å². The van der Waals surface area contributed by atoms with E-state index in [1.807, 2.05) is 11.1 Å². The summed E-state index contributed by atoms with van der Waals surface area (Å²) in [6.45, 7) is 1.77. The lowest BCUT2D eigenvalue weighted by atomic mass is 10.1. The van der Waals surface area contributed by atoms with Crippen LogP contribution in [0.25, 0.3) is 0 Å². The number of amides is 1. The minimum absolute atomic E-state index is 0.0948. The van der Waals surface area contributed by atoms with E-state index in [9.17, 15) is 4.79 Å². The van der Waals surface area contributed by atoms with E-state index in [4.69, 9.17) is 5.73 Å². The zero-order valence-corrected chi connectivity index (χ0v) is 10.5. The molecule has 2 heterocycles. The first kappa shape index (κ1) is 11.6. The summed E-state index contributed by atoms with van der Waals surface area (Å²) in [5, 5.41) is 8.13. The molecule has 1 saturated heterocycles. The first-order valence-electron chi connectivity index (χ1n) is 6.66. The third kappa shape index (κ3) is 2.53. The fourth-order valence-corrected chi connectivity index (χ4v) is 2.43. The second-order valence-corrected chi connectivity index (χ2v) is 5.36. The lowest BCUT2D eigenvalue weighted by molar-refractivity contribution is -0.133. The second-order valence-electron chi connectivity index (χ2n) is 5.36. The van der Waals surface area contributed by atoms with Crippen molar-refractivity contribution in [3.63, 3.8) is 0 Å². The summed E-state index contributed by atoms with van der Waals surface area (Å²) in [6.07, 6.45) is 6.32. The molecule has 18 heavy (non-hydrogen) atoms. The van der Waals surface area contributed by atoms with Gasteiger partial charge in [-0.05, 0) is 25.7 Å². The van der Waals surface area contributed by atoms with Gasteiger partial charge in [-0.3, -0.25) is 4.79 Å². The molecule has 0 bridgehead atoms. The first-order valence-corrected chi connectivity index (χ1v) is 6.66. The normalized spacial score (nSPS) is 24.3. The predicted octanol–water partition coefficient (Wildman–Crippen LogP) is 0.105. The molecular weight excluding hydrogens is 230 g/mol. The van der Waals surface area contributed by atoms with Crippen molar-refractivity contribution in [1.82, 2.24) is 19.9 Å².